The second-order valence-electron chi connectivity index (χ2n) is 6.14. The number of fused-ring (bicyclic) bond motifs is 1. The van der Waals surface area contributed by atoms with Crippen molar-refractivity contribution in [2.75, 3.05) is 0 Å². The number of aromatic nitrogens is 2. The monoisotopic (exact) mass is 417 g/mol. The molecular weight excluding hydrogens is 402 g/mol. The Hall–Kier alpha value is -2.19. The molecule has 0 radical (unpaired) electrons. The van der Waals surface area contributed by atoms with Crippen LogP contribution >= 0.6 is 22.9 Å². The number of hydrogen-bond acceptors (Lipinski definition) is 4. The minimum atomic E-state index is -3.63. The number of rotatable bonds is 5. The number of hydrogen-bond donors (Lipinski definition) is 1. The van der Waals surface area contributed by atoms with Gasteiger partial charge in [0.1, 0.15) is 0 Å². The van der Waals surface area contributed by atoms with E-state index < -0.39 is 10.0 Å². The summed E-state index contributed by atoms with van der Waals surface area (Å²) in [5, 5.41) is 0.384. The van der Waals surface area contributed by atoms with E-state index in [4.69, 9.17) is 11.6 Å². The van der Waals surface area contributed by atoms with Gasteiger partial charge in [0.25, 0.3) is 0 Å². The lowest BCUT2D eigenvalue weighted by molar-refractivity contribution is 0.581. The molecule has 2 aromatic heterocycles. The highest BCUT2D eigenvalue weighted by molar-refractivity contribution is 7.89. The van der Waals surface area contributed by atoms with Gasteiger partial charge < -0.3 is 0 Å². The smallest absolute Gasteiger partial charge is 0.240 e. The summed E-state index contributed by atoms with van der Waals surface area (Å²) >= 11 is 7.52. The molecule has 4 aromatic rings. The number of imidazole rings is 1. The maximum absolute atomic E-state index is 12.4. The summed E-state index contributed by atoms with van der Waals surface area (Å²) < 4.78 is 29.5. The Morgan fingerprint density at radius 3 is 2.74 bits per heavy atom. The van der Waals surface area contributed by atoms with Crippen molar-refractivity contribution in [1.29, 1.82) is 0 Å². The predicted molar refractivity (Wildman–Crippen MR) is 109 cm³/mol. The van der Waals surface area contributed by atoms with Crippen LogP contribution in [0.3, 0.4) is 0 Å². The quantitative estimate of drug-likeness (QED) is 0.519. The minimum absolute atomic E-state index is 0.149. The lowest BCUT2D eigenvalue weighted by atomic mass is 10.1. The molecule has 0 aliphatic heterocycles. The lowest BCUT2D eigenvalue weighted by Crippen LogP contribution is -2.23. The van der Waals surface area contributed by atoms with Crippen LogP contribution in [0.15, 0.2) is 65.8 Å². The molecule has 0 atom stereocenters. The third-order valence-corrected chi connectivity index (χ3v) is 6.61. The first-order valence-corrected chi connectivity index (χ1v) is 10.9. The molecule has 5 nitrogen and oxygen atoms in total. The Balaban J connectivity index is 1.55. The van der Waals surface area contributed by atoms with Crippen LogP contribution in [-0.4, -0.2) is 17.8 Å². The molecule has 0 aliphatic rings. The van der Waals surface area contributed by atoms with Crippen molar-refractivity contribution < 1.29 is 8.42 Å². The van der Waals surface area contributed by atoms with Gasteiger partial charge in [0, 0.05) is 34.4 Å². The first kappa shape index (κ1) is 18.2. The third kappa shape index (κ3) is 3.91. The van der Waals surface area contributed by atoms with Crippen LogP contribution in [0, 0.1) is 6.92 Å². The van der Waals surface area contributed by atoms with Gasteiger partial charge in [-0.05, 0) is 36.8 Å². The van der Waals surface area contributed by atoms with Crippen LogP contribution in [0.4, 0.5) is 0 Å². The second kappa shape index (κ2) is 7.09. The average molecular weight is 418 g/mol. The van der Waals surface area contributed by atoms with Crippen molar-refractivity contribution in [3.8, 4) is 11.3 Å². The van der Waals surface area contributed by atoms with Crippen LogP contribution in [0.1, 0.15) is 10.4 Å². The Morgan fingerprint density at radius 2 is 1.96 bits per heavy atom. The SMILES string of the molecule is Cc1cn2cc(-c3cccc(CNS(=O)(=O)c4cccc(Cl)c4)c3)nc2s1. The van der Waals surface area contributed by atoms with Gasteiger partial charge in [-0.1, -0.05) is 35.9 Å². The van der Waals surface area contributed by atoms with Crippen molar-refractivity contribution in [3.05, 3.63) is 76.4 Å². The lowest BCUT2D eigenvalue weighted by Gasteiger charge is -2.08. The highest BCUT2D eigenvalue weighted by Crippen LogP contribution is 2.24. The van der Waals surface area contributed by atoms with Crippen molar-refractivity contribution in [1.82, 2.24) is 14.1 Å². The molecule has 2 aromatic carbocycles. The van der Waals surface area contributed by atoms with E-state index in [0.717, 1.165) is 21.8 Å². The van der Waals surface area contributed by atoms with Crippen LogP contribution < -0.4 is 4.72 Å². The van der Waals surface area contributed by atoms with Crippen LogP contribution in [-0.2, 0) is 16.6 Å². The van der Waals surface area contributed by atoms with Crippen molar-refractivity contribution in [2.24, 2.45) is 0 Å². The minimum Gasteiger partial charge on any atom is -0.297 e. The van der Waals surface area contributed by atoms with E-state index in [2.05, 4.69) is 9.71 Å². The van der Waals surface area contributed by atoms with Crippen molar-refractivity contribution >= 4 is 37.9 Å². The van der Waals surface area contributed by atoms with E-state index in [-0.39, 0.29) is 11.4 Å². The van der Waals surface area contributed by atoms with Gasteiger partial charge in [-0.2, -0.15) is 0 Å². The van der Waals surface area contributed by atoms with Gasteiger partial charge >= 0.3 is 0 Å². The normalized spacial score (nSPS) is 11.9. The fourth-order valence-electron chi connectivity index (χ4n) is 2.79. The molecule has 4 rings (SSSR count). The Labute approximate surface area is 166 Å². The van der Waals surface area contributed by atoms with Gasteiger partial charge in [-0.15, -0.1) is 11.3 Å². The summed E-state index contributed by atoms with van der Waals surface area (Å²) in [5.41, 5.74) is 2.66. The largest absolute Gasteiger partial charge is 0.297 e. The zero-order valence-corrected chi connectivity index (χ0v) is 16.8. The van der Waals surface area contributed by atoms with Crippen LogP contribution in [0.5, 0.6) is 0 Å². The van der Waals surface area contributed by atoms with Crippen molar-refractivity contribution in [2.45, 2.75) is 18.4 Å². The summed E-state index contributed by atoms with van der Waals surface area (Å²) in [7, 11) is -3.63. The maximum Gasteiger partial charge on any atom is 0.240 e. The molecule has 0 spiro atoms. The topological polar surface area (TPSA) is 63.5 Å². The van der Waals surface area contributed by atoms with E-state index >= 15 is 0 Å². The van der Waals surface area contributed by atoms with E-state index in [1.165, 1.54) is 17.0 Å². The molecule has 0 saturated carbocycles. The number of halogens is 1. The Morgan fingerprint density at radius 1 is 1.15 bits per heavy atom. The van der Waals surface area contributed by atoms with Crippen LogP contribution in [0.25, 0.3) is 16.2 Å². The van der Waals surface area contributed by atoms with Gasteiger partial charge in [0.15, 0.2) is 4.96 Å². The molecule has 2 heterocycles. The fraction of sp³-hybridized carbons (Fsp3) is 0.105. The zero-order valence-electron chi connectivity index (χ0n) is 14.4. The van der Waals surface area contributed by atoms with Gasteiger partial charge in [0.2, 0.25) is 10.0 Å². The van der Waals surface area contributed by atoms with E-state index in [0.29, 0.717) is 5.02 Å². The number of nitrogens with zero attached hydrogens (tertiary/aromatic N) is 2. The predicted octanol–water partition coefficient (Wildman–Crippen LogP) is 4.50. The molecule has 8 heteroatoms. The molecular formula is C19H16ClN3O2S2. The Bertz CT molecular complexity index is 1200. The molecule has 0 bridgehead atoms. The number of nitrogens with one attached hydrogen (secondary N) is 1. The Kier molecular flexibility index (Phi) is 4.77. The first-order valence-electron chi connectivity index (χ1n) is 8.20. The van der Waals surface area contributed by atoms with E-state index in [9.17, 15) is 8.42 Å². The summed E-state index contributed by atoms with van der Waals surface area (Å²) in [5.74, 6) is 0. The highest BCUT2D eigenvalue weighted by atomic mass is 35.5. The number of aryl methyl sites for hydroxylation is 1. The molecule has 1 N–H and O–H groups in total. The van der Waals surface area contributed by atoms with Gasteiger partial charge in [0.05, 0.1) is 10.6 Å². The standard InChI is InChI=1S/C19H16ClN3O2S2/c1-13-11-23-12-18(22-19(23)26-13)15-5-2-4-14(8-15)10-21-27(24,25)17-7-3-6-16(20)9-17/h2-9,11-12,21H,10H2,1H3. The summed E-state index contributed by atoms with van der Waals surface area (Å²) in [4.78, 5) is 6.93. The molecule has 0 saturated heterocycles. The fourth-order valence-corrected chi connectivity index (χ4v) is 4.91. The molecule has 138 valence electrons. The van der Waals surface area contributed by atoms with Crippen LogP contribution in [0.2, 0.25) is 5.02 Å². The van der Waals surface area contributed by atoms with Crippen molar-refractivity contribution in [3.63, 3.8) is 0 Å². The number of benzene rings is 2. The van der Waals surface area contributed by atoms with E-state index in [1.54, 1.807) is 23.5 Å². The molecule has 0 aliphatic carbocycles. The van der Waals surface area contributed by atoms with Gasteiger partial charge in [-0.25, -0.2) is 18.1 Å². The number of thiazole rings is 1. The summed E-state index contributed by atoms with van der Waals surface area (Å²) in [6, 6.07) is 13.9. The zero-order chi connectivity index (χ0) is 19.0. The molecule has 0 amide bonds. The number of sulfonamides is 1. The average Bonchev–Trinajstić information content (AvgIpc) is 3.18. The third-order valence-electron chi connectivity index (χ3n) is 4.07. The molecule has 0 unspecified atom stereocenters. The van der Waals surface area contributed by atoms with Gasteiger partial charge in [-0.3, -0.25) is 4.40 Å². The molecule has 27 heavy (non-hydrogen) atoms. The summed E-state index contributed by atoms with van der Waals surface area (Å²) in [6.07, 6.45) is 4.02. The maximum atomic E-state index is 12.4. The summed E-state index contributed by atoms with van der Waals surface area (Å²) in [6.45, 7) is 2.23. The second-order valence-corrected chi connectivity index (χ2v) is 9.56. The first-order chi connectivity index (χ1) is 12.9. The van der Waals surface area contributed by atoms with E-state index in [1.807, 2.05) is 48.0 Å². The highest BCUT2D eigenvalue weighted by Gasteiger charge is 2.14. The molecule has 0 fully saturated rings.